The zero-order valence-electron chi connectivity index (χ0n) is 18.9. The number of carbonyl (C=O) groups is 1. The van der Waals surface area contributed by atoms with Crippen molar-refractivity contribution in [2.24, 2.45) is 0 Å². The van der Waals surface area contributed by atoms with Crippen molar-refractivity contribution < 1.29 is 9.53 Å². The van der Waals surface area contributed by atoms with E-state index in [2.05, 4.69) is 62.5 Å². The molecular formula is C25H28N6O2. The first-order valence-electron chi connectivity index (χ1n) is 11.0. The fourth-order valence-corrected chi connectivity index (χ4v) is 3.92. The van der Waals surface area contributed by atoms with Crippen molar-refractivity contribution in [3.05, 3.63) is 66.9 Å². The van der Waals surface area contributed by atoms with E-state index < -0.39 is 0 Å². The molecular weight excluding hydrogens is 416 g/mol. The van der Waals surface area contributed by atoms with Crippen molar-refractivity contribution in [3.63, 3.8) is 0 Å². The topological polar surface area (TPSA) is 91.4 Å². The summed E-state index contributed by atoms with van der Waals surface area (Å²) >= 11 is 0. The number of hydrogen-bond acceptors (Lipinski definition) is 7. The standard InChI is InChI=1S/C25H28N6O2/c1-4-13-31-14-12-19-20(10-7-11-21(19)31)29-25-26-16-22(33-3)24(30-25)28-18-9-6-8-17(15-18)27-23(32)5-2/h5-11,15-16H,2,4,12-14H2,1,3H3,(H,27,32)(H2,26,28,29,30). The van der Waals surface area contributed by atoms with Gasteiger partial charge in [-0.2, -0.15) is 4.98 Å². The SMILES string of the molecule is C=CC(=O)Nc1cccc(Nc2nc(Nc3cccc4c3CCN4CCC)ncc2OC)c1. The van der Waals surface area contributed by atoms with Crippen LogP contribution in [-0.2, 0) is 11.2 Å². The summed E-state index contributed by atoms with van der Waals surface area (Å²) in [4.78, 5) is 23.1. The fourth-order valence-electron chi connectivity index (χ4n) is 3.92. The summed E-state index contributed by atoms with van der Waals surface area (Å²) in [6.45, 7) is 7.75. The van der Waals surface area contributed by atoms with Gasteiger partial charge in [0.25, 0.3) is 0 Å². The Morgan fingerprint density at radius 1 is 1.21 bits per heavy atom. The monoisotopic (exact) mass is 444 g/mol. The van der Waals surface area contributed by atoms with Gasteiger partial charge in [-0.1, -0.05) is 25.6 Å². The van der Waals surface area contributed by atoms with Gasteiger partial charge in [0.05, 0.1) is 13.3 Å². The van der Waals surface area contributed by atoms with E-state index in [9.17, 15) is 4.79 Å². The minimum absolute atomic E-state index is 0.272. The molecule has 1 aromatic heterocycles. The molecule has 0 atom stereocenters. The van der Waals surface area contributed by atoms with E-state index in [0.29, 0.717) is 23.2 Å². The van der Waals surface area contributed by atoms with Gasteiger partial charge in [0.2, 0.25) is 11.9 Å². The summed E-state index contributed by atoms with van der Waals surface area (Å²) < 4.78 is 5.44. The van der Waals surface area contributed by atoms with Gasteiger partial charge in [-0.3, -0.25) is 4.79 Å². The molecule has 2 aromatic carbocycles. The molecule has 0 saturated carbocycles. The molecule has 33 heavy (non-hydrogen) atoms. The third-order valence-corrected chi connectivity index (χ3v) is 5.42. The molecule has 0 spiro atoms. The lowest BCUT2D eigenvalue weighted by molar-refractivity contribution is -0.111. The van der Waals surface area contributed by atoms with Gasteiger partial charge in [0.1, 0.15) is 0 Å². The maximum Gasteiger partial charge on any atom is 0.247 e. The number of fused-ring (bicyclic) bond motifs is 1. The molecule has 0 aliphatic carbocycles. The molecule has 0 fully saturated rings. The van der Waals surface area contributed by atoms with Crippen LogP contribution in [-0.4, -0.2) is 36.1 Å². The van der Waals surface area contributed by atoms with Gasteiger partial charge in [-0.15, -0.1) is 0 Å². The van der Waals surface area contributed by atoms with Crippen molar-refractivity contribution in [3.8, 4) is 5.75 Å². The van der Waals surface area contributed by atoms with E-state index >= 15 is 0 Å². The van der Waals surface area contributed by atoms with Crippen LogP contribution >= 0.6 is 0 Å². The summed E-state index contributed by atoms with van der Waals surface area (Å²) in [7, 11) is 1.57. The molecule has 3 aromatic rings. The van der Waals surface area contributed by atoms with E-state index in [1.807, 2.05) is 18.2 Å². The molecule has 0 unspecified atom stereocenters. The molecule has 1 aliphatic heterocycles. The first-order chi connectivity index (χ1) is 16.1. The van der Waals surface area contributed by atoms with Crippen molar-refractivity contribution in [1.29, 1.82) is 0 Å². The third kappa shape index (κ3) is 5.06. The van der Waals surface area contributed by atoms with Gasteiger partial charge in [-0.25, -0.2) is 4.98 Å². The Morgan fingerprint density at radius 3 is 2.82 bits per heavy atom. The van der Waals surface area contributed by atoms with Crippen molar-refractivity contribution >= 4 is 40.4 Å². The number of rotatable bonds is 9. The Morgan fingerprint density at radius 2 is 2.03 bits per heavy atom. The quantitative estimate of drug-likeness (QED) is 0.406. The van der Waals surface area contributed by atoms with Crippen LogP contribution in [0.15, 0.2) is 61.3 Å². The highest BCUT2D eigenvalue weighted by molar-refractivity contribution is 5.99. The van der Waals surface area contributed by atoms with E-state index in [0.717, 1.165) is 37.3 Å². The van der Waals surface area contributed by atoms with Crippen molar-refractivity contribution in [2.75, 3.05) is 41.0 Å². The number of ether oxygens (including phenoxy) is 1. The molecule has 1 aliphatic rings. The second kappa shape index (κ2) is 10.0. The number of benzene rings is 2. The highest BCUT2D eigenvalue weighted by Crippen LogP contribution is 2.35. The van der Waals surface area contributed by atoms with Crippen LogP contribution in [0.3, 0.4) is 0 Å². The molecule has 4 rings (SSSR count). The highest BCUT2D eigenvalue weighted by Gasteiger charge is 2.21. The van der Waals surface area contributed by atoms with Crippen LogP contribution < -0.4 is 25.6 Å². The number of anilines is 6. The molecule has 170 valence electrons. The Bertz CT molecular complexity index is 1160. The van der Waals surface area contributed by atoms with E-state index in [1.54, 1.807) is 19.4 Å². The lowest BCUT2D eigenvalue weighted by atomic mass is 10.1. The Hall–Kier alpha value is -4.07. The normalized spacial score (nSPS) is 12.1. The lowest BCUT2D eigenvalue weighted by Gasteiger charge is -2.19. The number of nitrogens with zero attached hydrogens (tertiary/aromatic N) is 3. The van der Waals surface area contributed by atoms with Crippen LogP contribution in [0, 0.1) is 0 Å². The minimum atomic E-state index is -0.272. The van der Waals surface area contributed by atoms with Gasteiger partial charge >= 0.3 is 0 Å². The maximum absolute atomic E-state index is 11.6. The van der Waals surface area contributed by atoms with Crippen LogP contribution in [0.4, 0.5) is 34.5 Å². The van der Waals surface area contributed by atoms with Crippen LogP contribution in [0.2, 0.25) is 0 Å². The number of nitrogens with one attached hydrogen (secondary N) is 3. The highest BCUT2D eigenvalue weighted by atomic mass is 16.5. The van der Waals surface area contributed by atoms with Gasteiger partial charge < -0.3 is 25.6 Å². The second-order valence-corrected chi connectivity index (χ2v) is 7.68. The number of methoxy groups -OCH3 is 1. The number of amides is 1. The Kier molecular flexibility index (Phi) is 6.73. The van der Waals surface area contributed by atoms with Crippen LogP contribution in [0.5, 0.6) is 5.75 Å². The summed E-state index contributed by atoms with van der Waals surface area (Å²) in [5, 5.41) is 9.38. The predicted octanol–water partition coefficient (Wildman–Crippen LogP) is 4.87. The second-order valence-electron chi connectivity index (χ2n) is 7.68. The summed E-state index contributed by atoms with van der Waals surface area (Å²) in [6.07, 6.45) is 4.97. The number of carbonyl (C=O) groups excluding carboxylic acids is 1. The number of aromatic nitrogens is 2. The Labute approximate surface area is 193 Å². The Balaban J connectivity index is 1.57. The van der Waals surface area contributed by atoms with Gasteiger partial charge in [0.15, 0.2) is 11.6 Å². The summed E-state index contributed by atoms with van der Waals surface area (Å²) in [5.74, 6) is 1.22. The third-order valence-electron chi connectivity index (χ3n) is 5.42. The molecule has 3 N–H and O–H groups in total. The minimum Gasteiger partial charge on any atom is -0.491 e. The van der Waals surface area contributed by atoms with Crippen molar-refractivity contribution in [2.45, 2.75) is 19.8 Å². The molecule has 0 saturated heterocycles. The average Bonchev–Trinajstić information content (AvgIpc) is 3.24. The van der Waals surface area contributed by atoms with Crippen LogP contribution in [0.1, 0.15) is 18.9 Å². The lowest BCUT2D eigenvalue weighted by Crippen LogP contribution is -2.20. The van der Waals surface area contributed by atoms with Crippen LogP contribution in [0.25, 0.3) is 0 Å². The first kappa shape index (κ1) is 22.1. The molecule has 1 amide bonds. The zero-order chi connectivity index (χ0) is 23.2. The van der Waals surface area contributed by atoms with Crippen molar-refractivity contribution in [1.82, 2.24) is 9.97 Å². The maximum atomic E-state index is 11.6. The predicted molar refractivity (Wildman–Crippen MR) is 133 cm³/mol. The van der Waals surface area contributed by atoms with E-state index in [1.165, 1.54) is 17.3 Å². The molecule has 8 heteroatoms. The summed E-state index contributed by atoms with van der Waals surface area (Å²) in [6, 6.07) is 13.6. The van der Waals surface area contributed by atoms with Gasteiger partial charge in [0, 0.05) is 41.4 Å². The first-order valence-corrected chi connectivity index (χ1v) is 11.0. The zero-order valence-corrected chi connectivity index (χ0v) is 18.9. The molecule has 2 heterocycles. The van der Waals surface area contributed by atoms with E-state index in [-0.39, 0.29) is 5.91 Å². The fraction of sp³-hybridized carbons (Fsp3) is 0.240. The smallest absolute Gasteiger partial charge is 0.247 e. The van der Waals surface area contributed by atoms with E-state index in [4.69, 9.17) is 4.74 Å². The largest absolute Gasteiger partial charge is 0.491 e. The number of hydrogen-bond donors (Lipinski definition) is 3. The summed E-state index contributed by atoms with van der Waals surface area (Å²) in [5.41, 5.74) is 4.96. The van der Waals surface area contributed by atoms with Gasteiger partial charge in [-0.05, 0) is 49.2 Å². The molecule has 0 bridgehead atoms. The molecule has 0 radical (unpaired) electrons. The molecule has 8 nitrogen and oxygen atoms in total. The average molecular weight is 445 g/mol.